The Morgan fingerprint density at radius 1 is 0.821 bits per heavy atom. The van der Waals surface area contributed by atoms with Crippen molar-refractivity contribution in [3.8, 4) is 11.1 Å². The molecule has 0 amide bonds. The molecule has 0 saturated heterocycles. The van der Waals surface area contributed by atoms with Gasteiger partial charge in [0.15, 0.2) is 0 Å². The highest BCUT2D eigenvalue weighted by molar-refractivity contribution is 5.77. The molecule has 0 aliphatic rings. The van der Waals surface area contributed by atoms with E-state index in [1.807, 2.05) is 24.3 Å². The highest BCUT2D eigenvalue weighted by atomic mass is 16.1. The Bertz CT molecular complexity index is 1120. The summed E-state index contributed by atoms with van der Waals surface area (Å²) in [6.07, 6.45) is 0. The number of para-hydroxylation sites is 1. The normalized spacial score (nSPS) is 11.2. The average molecular weight is 369 g/mol. The average Bonchev–Trinajstić information content (AvgIpc) is 2.74. The van der Waals surface area contributed by atoms with Gasteiger partial charge in [-0.25, -0.2) is 4.98 Å². The number of nitrogens with zero attached hydrogens (tertiary/aromatic N) is 2. The Balaban J connectivity index is 1.50. The molecule has 3 aromatic carbocycles. The largest absolute Gasteiger partial charge is 0.309 e. The van der Waals surface area contributed by atoms with E-state index in [4.69, 9.17) is 0 Å². The van der Waals surface area contributed by atoms with Crippen molar-refractivity contribution in [1.82, 2.24) is 14.9 Å². The summed E-state index contributed by atoms with van der Waals surface area (Å²) in [5.41, 5.74) is 4.34. The van der Waals surface area contributed by atoms with E-state index in [1.165, 1.54) is 16.7 Å². The van der Waals surface area contributed by atoms with Crippen molar-refractivity contribution in [2.45, 2.75) is 20.0 Å². The molecular weight excluding hydrogens is 346 g/mol. The van der Waals surface area contributed by atoms with Crippen LogP contribution >= 0.6 is 0 Å². The molecule has 4 aromatic rings. The molecule has 0 aliphatic carbocycles. The van der Waals surface area contributed by atoms with Crippen LogP contribution in [0.4, 0.5) is 0 Å². The first-order valence-corrected chi connectivity index (χ1v) is 9.57. The molecule has 0 fully saturated rings. The summed E-state index contributed by atoms with van der Waals surface area (Å²) >= 11 is 0. The molecule has 28 heavy (non-hydrogen) atoms. The molecule has 4 nitrogen and oxygen atoms in total. The minimum Gasteiger partial charge on any atom is -0.309 e. The van der Waals surface area contributed by atoms with E-state index >= 15 is 0 Å². The van der Waals surface area contributed by atoms with Gasteiger partial charge in [0.1, 0.15) is 5.82 Å². The van der Waals surface area contributed by atoms with E-state index in [0.29, 0.717) is 17.8 Å². The van der Waals surface area contributed by atoms with Gasteiger partial charge in [-0.15, -0.1) is 0 Å². The molecule has 140 valence electrons. The molecule has 0 bridgehead atoms. The van der Waals surface area contributed by atoms with Crippen LogP contribution in [0.1, 0.15) is 18.3 Å². The number of nitrogens with one attached hydrogen (secondary N) is 1. The number of hydrogen-bond acceptors (Lipinski definition) is 3. The molecule has 1 aromatic heterocycles. The molecule has 4 rings (SSSR count). The monoisotopic (exact) mass is 369 g/mol. The Hall–Kier alpha value is -3.24. The second-order valence-corrected chi connectivity index (χ2v) is 6.90. The third kappa shape index (κ3) is 4.02. The minimum absolute atomic E-state index is 0.0798. The Kier molecular flexibility index (Phi) is 5.31. The zero-order valence-electron chi connectivity index (χ0n) is 15.9. The van der Waals surface area contributed by atoms with Crippen LogP contribution in [-0.4, -0.2) is 21.4 Å². The summed E-state index contributed by atoms with van der Waals surface area (Å²) in [6, 6.07) is 26.5. The van der Waals surface area contributed by atoms with Gasteiger partial charge in [0.05, 0.1) is 17.4 Å². The molecule has 0 spiro atoms. The molecular formula is C24H23N3O. The summed E-state index contributed by atoms with van der Waals surface area (Å²) in [7, 11) is 0. The number of fused-ring (bicyclic) bond motifs is 1. The van der Waals surface area contributed by atoms with Crippen molar-refractivity contribution in [2.24, 2.45) is 0 Å². The van der Waals surface area contributed by atoms with Crippen LogP contribution in [0.2, 0.25) is 0 Å². The van der Waals surface area contributed by atoms with E-state index in [-0.39, 0.29) is 5.56 Å². The first-order valence-electron chi connectivity index (χ1n) is 9.57. The van der Waals surface area contributed by atoms with Crippen molar-refractivity contribution < 1.29 is 0 Å². The summed E-state index contributed by atoms with van der Waals surface area (Å²) in [6.45, 7) is 4.41. The van der Waals surface area contributed by atoms with Gasteiger partial charge in [-0.1, -0.05) is 73.7 Å². The Morgan fingerprint density at radius 3 is 2.25 bits per heavy atom. The van der Waals surface area contributed by atoms with Crippen LogP contribution in [0.5, 0.6) is 0 Å². The van der Waals surface area contributed by atoms with E-state index in [0.717, 1.165) is 18.6 Å². The van der Waals surface area contributed by atoms with Gasteiger partial charge in [-0.05, 0) is 35.4 Å². The number of benzene rings is 3. The third-order valence-electron chi connectivity index (χ3n) is 4.95. The highest BCUT2D eigenvalue weighted by Gasteiger charge is 2.09. The van der Waals surface area contributed by atoms with Crippen LogP contribution in [0.15, 0.2) is 83.7 Å². The molecule has 0 saturated carbocycles. The lowest BCUT2D eigenvalue weighted by atomic mass is 10.0. The zero-order chi connectivity index (χ0) is 19.3. The quantitative estimate of drug-likeness (QED) is 0.540. The smallest absolute Gasteiger partial charge is 0.258 e. The standard InChI is InChI=1S/C24H23N3O/c1-2-27(17-23-25-22-11-7-6-10-21(22)24(28)26-23)16-18-12-14-20(15-13-18)19-8-4-3-5-9-19/h3-15H,2,16-17H2,1H3,(H,25,26,28). The Labute approximate surface area is 164 Å². The van der Waals surface area contributed by atoms with Crippen molar-refractivity contribution in [2.75, 3.05) is 6.54 Å². The van der Waals surface area contributed by atoms with Gasteiger partial charge in [-0.3, -0.25) is 9.69 Å². The molecule has 0 aliphatic heterocycles. The topological polar surface area (TPSA) is 49.0 Å². The summed E-state index contributed by atoms with van der Waals surface area (Å²) in [5, 5.41) is 0.630. The van der Waals surface area contributed by atoms with Gasteiger partial charge < -0.3 is 4.98 Å². The second-order valence-electron chi connectivity index (χ2n) is 6.90. The number of H-pyrrole nitrogens is 1. The van der Waals surface area contributed by atoms with Gasteiger partial charge in [0.25, 0.3) is 5.56 Å². The van der Waals surface area contributed by atoms with Crippen molar-refractivity contribution in [3.63, 3.8) is 0 Å². The second kappa shape index (κ2) is 8.19. The fourth-order valence-corrected chi connectivity index (χ4v) is 3.39. The van der Waals surface area contributed by atoms with Crippen molar-refractivity contribution >= 4 is 10.9 Å². The molecule has 0 radical (unpaired) electrons. The first-order chi connectivity index (χ1) is 13.7. The predicted molar refractivity (Wildman–Crippen MR) is 114 cm³/mol. The van der Waals surface area contributed by atoms with Crippen LogP contribution in [0.25, 0.3) is 22.0 Å². The highest BCUT2D eigenvalue weighted by Crippen LogP contribution is 2.20. The molecule has 0 unspecified atom stereocenters. The van der Waals surface area contributed by atoms with E-state index in [2.05, 4.69) is 70.3 Å². The van der Waals surface area contributed by atoms with E-state index in [9.17, 15) is 4.79 Å². The number of hydrogen-bond donors (Lipinski definition) is 1. The molecule has 1 heterocycles. The van der Waals surface area contributed by atoms with Gasteiger partial charge >= 0.3 is 0 Å². The van der Waals surface area contributed by atoms with Crippen LogP contribution in [-0.2, 0) is 13.1 Å². The number of aromatic amines is 1. The number of rotatable bonds is 6. The molecule has 1 N–H and O–H groups in total. The lowest BCUT2D eigenvalue weighted by molar-refractivity contribution is 0.264. The lowest BCUT2D eigenvalue weighted by Crippen LogP contribution is -2.25. The fourth-order valence-electron chi connectivity index (χ4n) is 3.39. The van der Waals surface area contributed by atoms with Crippen molar-refractivity contribution in [1.29, 1.82) is 0 Å². The van der Waals surface area contributed by atoms with Gasteiger partial charge in [0.2, 0.25) is 0 Å². The van der Waals surface area contributed by atoms with E-state index < -0.39 is 0 Å². The fraction of sp³-hybridized carbons (Fsp3) is 0.167. The Morgan fingerprint density at radius 2 is 1.50 bits per heavy atom. The van der Waals surface area contributed by atoms with Gasteiger partial charge in [-0.2, -0.15) is 0 Å². The molecule has 0 atom stereocenters. The zero-order valence-corrected chi connectivity index (χ0v) is 15.9. The first kappa shape index (κ1) is 18.1. The summed E-state index contributed by atoms with van der Waals surface area (Å²) in [5.74, 6) is 0.700. The maximum absolute atomic E-state index is 12.3. The SMILES string of the molecule is CCN(Cc1ccc(-c2ccccc2)cc1)Cc1nc2ccccc2c(=O)[nH]1. The van der Waals surface area contributed by atoms with Crippen LogP contribution in [0, 0.1) is 0 Å². The van der Waals surface area contributed by atoms with Gasteiger partial charge in [0, 0.05) is 6.54 Å². The summed E-state index contributed by atoms with van der Waals surface area (Å²) < 4.78 is 0. The van der Waals surface area contributed by atoms with Crippen molar-refractivity contribution in [3.05, 3.63) is 101 Å². The lowest BCUT2D eigenvalue weighted by Gasteiger charge is -2.20. The van der Waals surface area contributed by atoms with Crippen LogP contribution < -0.4 is 5.56 Å². The van der Waals surface area contributed by atoms with Crippen LogP contribution in [0.3, 0.4) is 0 Å². The third-order valence-corrected chi connectivity index (χ3v) is 4.95. The predicted octanol–water partition coefficient (Wildman–Crippen LogP) is 4.61. The number of aromatic nitrogens is 2. The minimum atomic E-state index is -0.0798. The van der Waals surface area contributed by atoms with E-state index in [1.54, 1.807) is 6.07 Å². The molecule has 4 heteroatoms. The maximum atomic E-state index is 12.3. The maximum Gasteiger partial charge on any atom is 0.258 e. The summed E-state index contributed by atoms with van der Waals surface area (Å²) in [4.78, 5) is 22.1.